The van der Waals surface area contributed by atoms with Gasteiger partial charge in [-0.3, -0.25) is 24.4 Å². The largest absolute Gasteiger partial charge is 0.435 e. The zero-order valence-corrected chi connectivity index (χ0v) is 22.6. The van der Waals surface area contributed by atoms with Gasteiger partial charge in [-0.25, -0.2) is 4.39 Å². The van der Waals surface area contributed by atoms with Crippen molar-refractivity contribution in [3.63, 3.8) is 0 Å². The number of β-amino-alcohol motifs (C(OH)–C–C–N with tert-alkyl or cyclic N) is 1. The van der Waals surface area contributed by atoms with Gasteiger partial charge in [-0.1, -0.05) is 37.5 Å². The molecule has 2 heterocycles. The first kappa shape index (κ1) is 32.0. The monoisotopic (exact) mass is 615 g/mol. The van der Waals surface area contributed by atoms with E-state index in [1.807, 2.05) is 0 Å². The van der Waals surface area contributed by atoms with Gasteiger partial charge in [0.2, 0.25) is 5.91 Å². The van der Waals surface area contributed by atoms with Gasteiger partial charge in [0.05, 0.1) is 12.6 Å². The Balaban J connectivity index is 1.84. The Bertz CT molecular complexity index is 1310. The quantitative estimate of drug-likeness (QED) is 0.342. The molecule has 2 fully saturated rings. The summed E-state index contributed by atoms with van der Waals surface area (Å²) in [7, 11) is 0. The average Bonchev–Trinajstić information content (AvgIpc) is 3.35. The van der Waals surface area contributed by atoms with Crippen molar-refractivity contribution in [2.24, 2.45) is 0 Å². The third kappa shape index (κ3) is 6.39. The molecule has 2 aromatic rings. The Morgan fingerprint density at radius 1 is 1.02 bits per heavy atom. The van der Waals surface area contributed by atoms with Gasteiger partial charge in [-0.15, -0.1) is 0 Å². The number of anilines is 1. The number of hydrogen-bond donors (Lipinski definition) is 2. The number of amides is 2. The van der Waals surface area contributed by atoms with E-state index in [0.717, 1.165) is 29.1 Å². The van der Waals surface area contributed by atoms with Crippen molar-refractivity contribution < 1.29 is 45.4 Å². The van der Waals surface area contributed by atoms with Crippen molar-refractivity contribution >= 4 is 17.5 Å². The number of halogens is 7. The summed E-state index contributed by atoms with van der Waals surface area (Å²) in [6.07, 6.45) is -5.65. The molecule has 3 unspecified atom stereocenters. The predicted molar refractivity (Wildman–Crippen MR) is 138 cm³/mol. The van der Waals surface area contributed by atoms with Crippen LogP contribution >= 0.6 is 0 Å². The molecule has 2 aliphatic rings. The summed E-state index contributed by atoms with van der Waals surface area (Å²) < 4.78 is 95.1. The summed E-state index contributed by atoms with van der Waals surface area (Å²) >= 11 is 0. The minimum Gasteiger partial charge on any atom is -0.391 e. The first-order chi connectivity index (χ1) is 20.2. The molecule has 15 heteroatoms. The van der Waals surface area contributed by atoms with Crippen molar-refractivity contribution in [3.05, 3.63) is 59.9 Å². The molecule has 232 valence electrons. The molecule has 8 nitrogen and oxygen atoms in total. The topological polar surface area (TPSA) is 110 Å². The molecule has 2 N–H and O–H groups in total. The molecule has 1 saturated carbocycles. The molecule has 2 amide bonds. The number of aliphatic hydroxyl groups is 1. The number of alkyl halides is 7. The van der Waals surface area contributed by atoms with E-state index in [4.69, 9.17) is 0 Å². The van der Waals surface area contributed by atoms with Crippen LogP contribution in [0.2, 0.25) is 0 Å². The fourth-order valence-electron chi connectivity index (χ4n) is 5.54. The number of nitriles is 1. The summed E-state index contributed by atoms with van der Waals surface area (Å²) in [5, 5.41) is 22.6. The second kappa shape index (κ2) is 12.4. The first-order valence-electron chi connectivity index (χ1n) is 13.5. The van der Waals surface area contributed by atoms with E-state index in [1.165, 1.54) is 24.5 Å². The van der Waals surface area contributed by atoms with Gasteiger partial charge in [0, 0.05) is 41.7 Å². The van der Waals surface area contributed by atoms with Gasteiger partial charge < -0.3 is 10.4 Å². The van der Waals surface area contributed by atoms with E-state index in [9.17, 15) is 50.7 Å². The molecule has 0 spiro atoms. The lowest BCUT2D eigenvalue weighted by atomic mass is 9.93. The SMILES string of the molecule is N#CN1CC(O)CC1C(=O)N(c1ccc(C(F)(C(F)(F)F)C(F)(F)F)cc1)C(C(=O)NC1CCCCC1)c1cccnc1. The number of carbonyl (C=O) groups excluding carboxylic acids is 2. The lowest BCUT2D eigenvalue weighted by Gasteiger charge is -2.36. The van der Waals surface area contributed by atoms with Crippen LogP contribution in [-0.2, 0) is 15.3 Å². The van der Waals surface area contributed by atoms with Crippen LogP contribution < -0.4 is 10.2 Å². The van der Waals surface area contributed by atoms with Crippen LogP contribution in [0.4, 0.5) is 36.4 Å². The third-order valence-electron chi connectivity index (χ3n) is 7.71. The molecule has 0 radical (unpaired) electrons. The fraction of sp³-hybridized carbons (Fsp3) is 0.500. The van der Waals surface area contributed by atoms with Gasteiger partial charge in [0.25, 0.3) is 5.91 Å². The number of hydrogen-bond acceptors (Lipinski definition) is 6. The van der Waals surface area contributed by atoms with E-state index < -0.39 is 53.6 Å². The highest BCUT2D eigenvalue weighted by Crippen LogP contribution is 2.53. The van der Waals surface area contributed by atoms with Crippen molar-refractivity contribution in [2.45, 2.75) is 80.8 Å². The molecule has 1 aromatic heterocycles. The Labute approximate surface area is 242 Å². The zero-order chi connectivity index (χ0) is 31.6. The first-order valence-corrected chi connectivity index (χ1v) is 13.5. The van der Waals surface area contributed by atoms with Crippen molar-refractivity contribution in [1.82, 2.24) is 15.2 Å². The maximum absolute atomic E-state index is 14.8. The molecule has 1 saturated heterocycles. The van der Waals surface area contributed by atoms with Crippen LogP contribution in [0.3, 0.4) is 0 Å². The number of aliphatic hydroxyl groups excluding tert-OH is 1. The molecule has 0 bridgehead atoms. The number of aromatic nitrogens is 1. The lowest BCUT2D eigenvalue weighted by molar-refractivity contribution is -0.348. The molecule has 1 aliphatic heterocycles. The molecule has 4 rings (SSSR count). The maximum Gasteiger partial charge on any atom is 0.435 e. The summed E-state index contributed by atoms with van der Waals surface area (Å²) in [6.45, 7) is -0.215. The van der Waals surface area contributed by atoms with Crippen molar-refractivity contribution in [2.75, 3.05) is 11.4 Å². The smallest absolute Gasteiger partial charge is 0.391 e. The average molecular weight is 616 g/mol. The summed E-state index contributed by atoms with van der Waals surface area (Å²) in [5.41, 5.74) is -7.67. The van der Waals surface area contributed by atoms with E-state index in [2.05, 4.69) is 10.3 Å². The second-order valence-corrected chi connectivity index (χ2v) is 10.6. The Morgan fingerprint density at radius 3 is 2.19 bits per heavy atom. The van der Waals surface area contributed by atoms with Crippen LogP contribution in [-0.4, -0.2) is 63.9 Å². The highest BCUT2D eigenvalue weighted by Gasteiger charge is 2.73. The Morgan fingerprint density at radius 2 is 1.65 bits per heavy atom. The summed E-state index contributed by atoms with van der Waals surface area (Å²) in [4.78, 5) is 33.7. The van der Waals surface area contributed by atoms with Crippen molar-refractivity contribution in [3.8, 4) is 6.19 Å². The number of nitrogens with zero attached hydrogens (tertiary/aromatic N) is 4. The molecule has 1 aliphatic carbocycles. The van der Waals surface area contributed by atoms with E-state index in [-0.39, 0.29) is 42.4 Å². The van der Waals surface area contributed by atoms with Crippen LogP contribution in [0.25, 0.3) is 0 Å². The highest BCUT2D eigenvalue weighted by molar-refractivity contribution is 6.04. The van der Waals surface area contributed by atoms with Gasteiger partial charge >= 0.3 is 18.0 Å². The number of rotatable bonds is 7. The molecule has 43 heavy (non-hydrogen) atoms. The van der Waals surface area contributed by atoms with Crippen molar-refractivity contribution in [1.29, 1.82) is 5.26 Å². The standard InChI is InChI=1S/C28H28F7N5O3/c29-26(27(30,31)32,28(33,34)35)18-8-10-20(11-9-18)40(25(43)22-13-21(41)15-39(22)16-36)23(17-5-4-12-37-14-17)24(42)38-19-6-2-1-3-7-19/h4-5,8-12,14,19,21-23,41H,1-3,6-7,13,15H2,(H,38,42). The van der Waals surface area contributed by atoms with Crippen LogP contribution in [0, 0.1) is 11.5 Å². The van der Waals surface area contributed by atoms with Gasteiger partial charge in [-0.05, 0) is 31.0 Å². The Kier molecular flexibility index (Phi) is 9.19. The van der Waals surface area contributed by atoms with E-state index >= 15 is 0 Å². The maximum atomic E-state index is 14.8. The minimum absolute atomic E-state index is 0.153. The van der Waals surface area contributed by atoms with Crippen LogP contribution in [0.5, 0.6) is 0 Å². The number of pyridine rings is 1. The molecule has 1 aromatic carbocycles. The zero-order valence-electron chi connectivity index (χ0n) is 22.6. The van der Waals surface area contributed by atoms with E-state index in [0.29, 0.717) is 25.0 Å². The lowest BCUT2D eigenvalue weighted by Crippen LogP contribution is -2.52. The summed E-state index contributed by atoms with van der Waals surface area (Å²) in [5.74, 6) is -1.64. The summed E-state index contributed by atoms with van der Waals surface area (Å²) in [6, 6.07) is 1.68. The second-order valence-electron chi connectivity index (χ2n) is 10.6. The predicted octanol–water partition coefficient (Wildman–Crippen LogP) is 4.81. The van der Waals surface area contributed by atoms with Crippen LogP contribution in [0.15, 0.2) is 48.8 Å². The highest BCUT2D eigenvalue weighted by atomic mass is 19.4. The third-order valence-corrected chi connectivity index (χ3v) is 7.71. The van der Waals surface area contributed by atoms with Gasteiger partial charge in [-0.2, -0.15) is 31.6 Å². The number of benzene rings is 1. The molecular weight excluding hydrogens is 587 g/mol. The Hall–Kier alpha value is -3.93. The number of carbonyl (C=O) groups is 2. The molecular formula is C28H28F7N5O3. The number of nitrogens with one attached hydrogen (secondary N) is 1. The normalized spacial score (nSPS) is 20.8. The number of likely N-dealkylation sites (tertiary alicyclic amines) is 1. The van der Waals surface area contributed by atoms with Crippen LogP contribution in [0.1, 0.15) is 55.7 Å². The van der Waals surface area contributed by atoms with Gasteiger partial charge in [0.15, 0.2) is 6.19 Å². The fourth-order valence-corrected chi connectivity index (χ4v) is 5.54. The minimum atomic E-state index is -6.35. The van der Waals surface area contributed by atoms with E-state index in [1.54, 1.807) is 6.19 Å². The molecule has 3 atom stereocenters. The van der Waals surface area contributed by atoms with Gasteiger partial charge in [0.1, 0.15) is 12.1 Å².